The number of rotatable bonds is 4. The lowest BCUT2D eigenvalue weighted by Gasteiger charge is -2.21. The first-order valence-corrected chi connectivity index (χ1v) is 4.92. The van der Waals surface area contributed by atoms with Gasteiger partial charge in [-0.1, -0.05) is 36.9 Å². The zero-order chi connectivity index (χ0) is 13.1. The van der Waals surface area contributed by atoms with Crippen LogP contribution in [0.2, 0.25) is 0 Å². The first kappa shape index (κ1) is 13.7. The minimum Gasteiger partial charge on any atom is -0.191 e. The average molecular weight is 250 g/mol. The highest BCUT2D eigenvalue weighted by Crippen LogP contribution is 2.41. The Balaban J connectivity index is 2.62. The Hall–Kier alpha value is -1.39. The number of allylic oxidation sites excluding steroid dienone is 1. The number of aryl methyl sites for hydroxylation is 1. The van der Waals surface area contributed by atoms with Crippen molar-refractivity contribution < 1.29 is 22.0 Å². The zero-order valence-electron chi connectivity index (χ0n) is 8.90. The van der Waals surface area contributed by atoms with Gasteiger partial charge >= 0.3 is 12.1 Å². The molecule has 0 aliphatic rings. The van der Waals surface area contributed by atoms with E-state index < -0.39 is 24.1 Å². The van der Waals surface area contributed by atoms with Crippen molar-refractivity contribution in [3.8, 4) is 0 Å². The second-order valence-electron chi connectivity index (χ2n) is 3.66. The fourth-order valence-corrected chi connectivity index (χ4v) is 1.30. The molecule has 0 unspecified atom stereocenters. The van der Waals surface area contributed by atoms with Crippen molar-refractivity contribution in [1.29, 1.82) is 0 Å². The van der Waals surface area contributed by atoms with E-state index in [1.54, 1.807) is 30.3 Å². The number of alkyl halides is 5. The molecule has 0 nitrogen and oxygen atoms in total. The predicted octanol–water partition coefficient (Wildman–Crippen LogP) is 4.37. The van der Waals surface area contributed by atoms with Crippen LogP contribution < -0.4 is 0 Å². The smallest absolute Gasteiger partial charge is 0.191 e. The van der Waals surface area contributed by atoms with Crippen LogP contribution in [0.3, 0.4) is 0 Å². The summed E-state index contributed by atoms with van der Waals surface area (Å²) < 4.78 is 61.6. The summed E-state index contributed by atoms with van der Waals surface area (Å²) in [6, 6.07) is 8.46. The monoisotopic (exact) mass is 250 g/mol. The zero-order valence-corrected chi connectivity index (χ0v) is 8.90. The molecule has 1 aromatic rings. The van der Waals surface area contributed by atoms with Gasteiger partial charge in [0.15, 0.2) is 0 Å². The molecule has 5 heteroatoms. The van der Waals surface area contributed by atoms with Crippen molar-refractivity contribution in [2.24, 2.45) is 0 Å². The topological polar surface area (TPSA) is 0 Å². The van der Waals surface area contributed by atoms with Crippen LogP contribution in [0.25, 0.3) is 0 Å². The molecule has 0 N–H and O–H groups in total. The Morgan fingerprint density at radius 3 is 2.00 bits per heavy atom. The third-order valence-electron chi connectivity index (χ3n) is 2.36. The Kier molecular flexibility index (Phi) is 3.91. The van der Waals surface area contributed by atoms with E-state index in [4.69, 9.17) is 0 Å². The van der Waals surface area contributed by atoms with Gasteiger partial charge in [0.2, 0.25) is 0 Å². The second-order valence-corrected chi connectivity index (χ2v) is 3.66. The molecule has 0 aliphatic heterocycles. The first-order valence-electron chi connectivity index (χ1n) is 4.92. The van der Waals surface area contributed by atoms with Crippen LogP contribution in [-0.2, 0) is 6.42 Å². The van der Waals surface area contributed by atoms with Crippen molar-refractivity contribution in [2.45, 2.75) is 24.9 Å². The molecular formula is C12H11F5. The number of hydrogen-bond donors (Lipinski definition) is 0. The van der Waals surface area contributed by atoms with E-state index in [1.165, 1.54) is 0 Å². The summed E-state index contributed by atoms with van der Waals surface area (Å²) in [5.74, 6) is -4.82. The lowest BCUT2D eigenvalue weighted by atomic mass is 10.0. The summed E-state index contributed by atoms with van der Waals surface area (Å²) in [5, 5.41) is 0. The van der Waals surface area contributed by atoms with E-state index in [2.05, 4.69) is 6.58 Å². The number of benzene rings is 1. The average Bonchev–Trinajstić information content (AvgIpc) is 2.25. The van der Waals surface area contributed by atoms with Gasteiger partial charge in [-0.05, 0) is 18.4 Å². The van der Waals surface area contributed by atoms with Crippen molar-refractivity contribution >= 4 is 0 Å². The summed E-state index contributed by atoms with van der Waals surface area (Å²) >= 11 is 0. The third-order valence-corrected chi connectivity index (χ3v) is 2.36. The van der Waals surface area contributed by atoms with Gasteiger partial charge < -0.3 is 0 Å². The maximum Gasteiger partial charge on any atom is 0.457 e. The summed E-state index contributed by atoms with van der Waals surface area (Å²) in [6.07, 6.45) is -5.84. The highest BCUT2D eigenvalue weighted by Gasteiger charge is 2.58. The van der Waals surface area contributed by atoms with Gasteiger partial charge in [-0.25, -0.2) is 0 Å². The maximum absolute atomic E-state index is 12.8. The van der Waals surface area contributed by atoms with E-state index in [0.717, 1.165) is 0 Å². The van der Waals surface area contributed by atoms with Crippen molar-refractivity contribution in [2.75, 3.05) is 0 Å². The molecule has 0 spiro atoms. The molecule has 1 aromatic carbocycles. The fourth-order valence-electron chi connectivity index (χ4n) is 1.30. The number of hydrogen-bond acceptors (Lipinski definition) is 0. The van der Waals surface area contributed by atoms with Gasteiger partial charge in [0.1, 0.15) is 0 Å². The van der Waals surface area contributed by atoms with Crippen LogP contribution in [0.4, 0.5) is 22.0 Å². The summed E-state index contributed by atoms with van der Waals surface area (Å²) in [6.45, 7) is 2.84. The Bertz CT molecular complexity index is 378. The van der Waals surface area contributed by atoms with Crippen molar-refractivity contribution in [1.82, 2.24) is 0 Å². The quantitative estimate of drug-likeness (QED) is 0.549. The van der Waals surface area contributed by atoms with Crippen LogP contribution in [-0.4, -0.2) is 12.1 Å². The molecule has 0 bridgehead atoms. The first-order chi connectivity index (χ1) is 7.75. The highest BCUT2D eigenvalue weighted by atomic mass is 19.4. The van der Waals surface area contributed by atoms with Gasteiger partial charge in [-0.3, -0.25) is 0 Å². The molecule has 0 saturated carbocycles. The van der Waals surface area contributed by atoms with Crippen LogP contribution in [0, 0.1) is 0 Å². The molecule has 0 amide bonds. The second kappa shape index (κ2) is 4.85. The lowest BCUT2D eigenvalue weighted by molar-refractivity contribution is -0.264. The standard InChI is InChI=1S/C12H11F5/c1-9(11(13,14)12(15,16)17)7-8-10-5-3-2-4-6-10/h2-6H,1,7-8H2. The largest absolute Gasteiger partial charge is 0.457 e. The lowest BCUT2D eigenvalue weighted by Crippen LogP contribution is -2.38. The van der Waals surface area contributed by atoms with Crippen LogP contribution in [0.15, 0.2) is 42.5 Å². The minimum absolute atomic E-state index is 0.116. The van der Waals surface area contributed by atoms with E-state index >= 15 is 0 Å². The van der Waals surface area contributed by atoms with Gasteiger partial charge in [-0.15, -0.1) is 0 Å². The molecular weight excluding hydrogens is 239 g/mol. The number of halogens is 5. The maximum atomic E-state index is 12.8. The molecule has 0 heterocycles. The Labute approximate surface area is 95.8 Å². The molecule has 0 atom stereocenters. The molecule has 0 saturated heterocycles. The normalized spacial score (nSPS) is 12.5. The Morgan fingerprint density at radius 1 is 1.00 bits per heavy atom. The molecule has 1 rings (SSSR count). The third kappa shape index (κ3) is 3.28. The van der Waals surface area contributed by atoms with Gasteiger partial charge in [0.05, 0.1) is 0 Å². The van der Waals surface area contributed by atoms with E-state index in [-0.39, 0.29) is 6.42 Å². The molecule has 0 fully saturated rings. The van der Waals surface area contributed by atoms with Crippen LogP contribution >= 0.6 is 0 Å². The van der Waals surface area contributed by atoms with E-state index in [9.17, 15) is 22.0 Å². The molecule has 94 valence electrons. The van der Waals surface area contributed by atoms with E-state index in [0.29, 0.717) is 5.56 Å². The highest BCUT2D eigenvalue weighted by molar-refractivity contribution is 5.18. The molecule has 0 aliphatic carbocycles. The summed E-state index contributed by atoms with van der Waals surface area (Å²) in [5.41, 5.74) is -0.402. The molecule has 17 heavy (non-hydrogen) atoms. The fraction of sp³-hybridized carbons (Fsp3) is 0.333. The van der Waals surface area contributed by atoms with Gasteiger partial charge in [-0.2, -0.15) is 22.0 Å². The van der Waals surface area contributed by atoms with Crippen molar-refractivity contribution in [3.05, 3.63) is 48.0 Å². The van der Waals surface area contributed by atoms with Crippen LogP contribution in [0.5, 0.6) is 0 Å². The van der Waals surface area contributed by atoms with E-state index in [1.807, 2.05) is 0 Å². The minimum atomic E-state index is -5.57. The van der Waals surface area contributed by atoms with Gasteiger partial charge in [0, 0.05) is 5.57 Å². The Morgan fingerprint density at radius 2 is 1.53 bits per heavy atom. The van der Waals surface area contributed by atoms with Crippen LogP contribution in [0.1, 0.15) is 12.0 Å². The van der Waals surface area contributed by atoms with Crippen molar-refractivity contribution in [3.63, 3.8) is 0 Å². The predicted molar refractivity (Wildman–Crippen MR) is 54.9 cm³/mol. The molecule has 0 radical (unpaired) electrons. The summed E-state index contributed by atoms with van der Waals surface area (Å²) in [4.78, 5) is 0. The van der Waals surface area contributed by atoms with Gasteiger partial charge in [0.25, 0.3) is 0 Å². The molecule has 0 aromatic heterocycles. The summed E-state index contributed by atoms with van der Waals surface area (Å²) in [7, 11) is 0. The SMILES string of the molecule is C=C(CCc1ccccc1)C(F)(F)C(F)(F)F.